The van der Waals surface area contributed by atoms with Crippen LogP contribution in [0.3, 0.4) is 0 Å². The molecule has 0 saturated heterocycles. The summed E-state index contributed by atoms with van der Waals surface area (Å²) in [5.41, 5.74) is 0. The van der Waals surface area contributed by atoms with Gasteiger partial charge in [-0.05, 0) is 37.5 Å². The maximum Gasteiger partial charge on any atom is 0.472 e. The normalized spacial score (nSPS) is 13.9. The summed E-state index contributed by atoms with van der Waals surface area (Å²) in [5.74, 6) is -0.520. The maximum atomic E-state index is 13.1. The van der Waals surface area contributed by atoms with Gasteiger partial charge in [0, 0.05) is 25.7 Å². The monoisotopic (exact) mass is 1470 g/mol. The Bertz CT molecular complexity index is 1920. The predicted octanol–water partition coefficient (Wildman–Crippen LogP) is 24.3. The van der Waals surface area contributed by atoms with E-state index in [4.69, 9.17) is 37.0 Å². The van der Waals surface area contributed by atoms with Crippen LogP contribution in [0.1, 0.15) is 427 Å². The Balaban J connectivity index is 5.26. The van der Waals surface area contributed by atoms with Crippen molar-refractivity contribution in [3.63, 3.8) is 0 Å². The van der Waals surface area contributed by atoms with Gasteiger partial charge in [0.25, 0.3) is 0 Å². The van der Waals surface area contributed by atoms with Gasteiger partial charge < -0.3 is 33.8 Å². The molecule has 0 spiro atoms. The van der Waals surface area contributed by atoms with E-state index in [1.54, 1.807) is 0 Å². The lowest BCUT2D eigenvalue weighted by Crippen LogP contribution is -2.30. The van der Waals surface area contributed by atoms with Crippen molar-refractivity contribution in [3.8, 4) is 0 Å². The number of unbranched alkanes of at least 4 members (excludes halogenated alkanes) is 50. The van der Waals surface area contributed by atoms with Crippen LogP contribution in [0.25, 0.3) is 0 Å². The summed E-state index contributed by atoms with van der Waals surface area (Å²) in [4.78, 5) is 73.1. The molecule has 0 fully saturated rings. The fourth-order valence-corrected chi connectivity index (χ4v) is 14.1. The van der Waals surface area contributed by atoms with Crippen LogP contribution < -0.4 is 0 Å². The largest absolute Gasteiger partial charge is 0.472 e. The van der Waals surface area contributed by atoms with Crippen LogP contribution in [-0.4, -0.2) is 96.7 Å². The van der Waals surface area contributed by atoms with Crippen molar-refractivity contribution < 1.29 is 80.2 Å². The van der Waals surface area contributed by atoms with Gasteiger partial charge in [-0.2, -0.15) is 0 Å². The summed E-state index contributed by atoms with van der Waals surface area (Å²) in [6.07, 6.45) is 62.2. The molecule has 0 bridgehead atoms. The van der Waals surface area contributed by atoms with Gasteiger partial charge in [0.05, 0.1) is 26.4 Å². The third-order valence-corrected chi connectivity index (χ3v) is 20.9. The number of hydrogen-bond acceptors (Lipinski definition) is 15. The second-order valence-electron chi connectivity index (χ2n) is 30.1. The zero-order chi connectivity index (χ0) is 73.5. The summed E-state index contributed by atoms with van der Waals surface area (Å²) in [6.45, 7) is 9.68. The Hall–Kier alpha value is -1.94. The summed E-state index contributed by atoms with van der Waals surface area (Å²) in [6, 6.07) is 0. The number of ether oxygens (including phenoxy) is 4. The minimum atomic E-state index is -4.96. The molecule has 594 valence electrons. The van der Waals surface area contributed by atoms with Gasteiger partial charge in [-0.3, -0.25) is 37.3 Å². The first kappa shape index (κ1) is 98.1. The molecule has 0 aliphatic rings. The third-order valence-electron chi connectivity index (χ3n) is 19.0. The van der Waals surface area contributed by atoms with Crippen LogP contribution in [0, 0.1) is 11.8 Å². The summed E-state index contributed by atoms with van der Waals surface area (Å²) in [5, 5.41) is 10.6. The van der Waals surface area contributed by atoms with Gasteiger partial charge in [-0.15, -0.1) is 0 Å². The zero-order valence-corrected chi connectivity index (χ0v) is 67.3. The molecule has 17 nitrogen and oxygen atoms in total. The van der Waals surface area contributed by atoms with Crippen molar-refractivity contribution in [3.05, 3.63) is 0 Å². The van der Waals surface area contributed by atoms with Crippen molar-refractivity contribution in [1.82, 2.24) is 0 Å². The predicted molar refractivity (Wildman–Crippen MR) is 409 cm³/mol. The lowest BCUT2D eigenvalue weighted by molar-refractivity contribution is -0.161. The Morgan fingerprint density at radius 2 is 0.460 bits per heavy atom. The summed E-state index contributed by atoms with van der Waals surface area (Å²) < 4.78 is 68.8. The average Bonchev–Trinajstić information content (AvgIpc) is 1.37. The number of carbonyl (C=O) groups is 4. The first-order valence-electron chi connectivity index (χ1n) is 42.0. The van der Waals surface area contributed by atoms with E-state index in [2.05, 4.69) is 41.5 Å². The molecule has 0 amide bonds. The molecule has 5 atom stereocenters. The number of hydrogen-bond donors (Lipinski definition) is 3. The maximum absolute atomic E-state index is 13.1. The molecule has 0 aliphatic heterocycles. The smallest absolute Gasteiger partial charge is 0.462 e. The number of carbonyl (C=O) groups excluding carboxylic acids is 4. The van der Waals surface area contributed by atoms with Gasteiger partial charge in [-0.1, -0.05) is 375 Å². The lowest BCUT2D eigenvalue weighted by Gasteiger charge is -2.21. The zero-order valence-electron chi connectivity index (χ0n) is 65.5. The molecule has 0 heterocycles. The van der Waals surface area contributed by atoms with Crippen LogP contribution >= 0.6 is 15.6 Å². The molecule has 0 aromatic heterocycles. The number of aliphatic hydroxyl groups is 1. The molecule has 0 rings (SSSR count). The van der Waals surface area contributed by atoms with Crippen molar-refractivity contribution in [2.75, 3.05) is 39.6 Å². The number of phosphoric acid groups is 2. The molecule has 0 aromatic carbocycles. The standard InChI is InChI=1S/C81H158O17P2/c1-7-9-11-13-15-17-19-20-21-22-28-35-41-47-53-59-65-80(85)97-76(69-91-78(83)63-57-51-45-39-31-18-16-14-12-10-8-2)71-95-99(87,88)93-67-75(82)68-94-100(89,90)96-72-77(70-92-79(84)64-58-52-46-40-34-30-25-27-33-38-44-50-56-62-74(5)6)98-81(86)66-60-54-48-42-36-29-24-23-26-32-37-43-49-55-61-73(3)4/h73-77,82H,7-72H2,1-6H3,(H,87,88)(H,89,90)/t75-,76+,77+/m0/s1. The fourth-order valence-electron chi connectivity index (χ4n) is 12.5. The van der Waals surface area contributed by atoms with Crippen molar-refractivity contribution in [2.24, 2.45) is 11.8 Å². The Morgan fingerprint density at radius 1 is 0.270 bits per heavy atom. The van der Waals surface area contributed by atoms with E-state index in [0.29, 0.717) is 25.7 Å². The second kappa shape index (κ2) is 72.6. The first-order valence-corrected chi connectivity index (χ1v) is 45.0. The van der Waals surface area contributed by atoms with Crippen molar-refractivity contribution in [2.45, 2.75) is 445 Å². The molecule has 0 radical (unpaired) electrons. The number of aliphatic hydroxyl groups excluding tert-OH is 1. The molecule has 0 saturated carbocycles. The molecule has 0 aliphatic carbocycles. The van der Waals surface area contributed by atoms with E-state index >= 15 is 0 Å². The van der Waals surface area contributed by atoms with Crippen LogP contribution in [0.2, 0.25) is 0 Å². The van der Waals surface area contributed by atoms with E-state index in [1.807, 2.05) is 0 Å². The van der Waals surface area contributed by atoms with Gasteiger partial charge >= 0.3 is 39.5 Å². The third kappa shape index (κ3) is 74.3. The Morgan fingerprint density at radius 3 is 0.680 bits per heavy atom. The molecular weight excluding hydrogens is 1310 g/mol. The molecule has 19 heteroatoms. The first-order chi connectivity index (χ1) is 48.4. The van der Waals surface area contributed by atoms with Crippen LogP contribution in [0.5, 0.6) is 0 Å². The van der Waals surface area contributed by atoms with Crippen molar-refractivity contribution in [1.29, 1.82) is 0 Å². The Kier molecular flexibility index (Phi) is 71.2. The number of rotatable bonds is 80. The summed E-state index contributed by atoms with van der Waals surface area (Å²) in [7, 11) is -9.92. The van der Waals surface area contributed by atoms with Gasteiger partial charge in [0.1, 0.15) is 19.3 Å². The van der Waals surface area contributed by atoms with E-state index in [1.165, 1.54) is 244 Å². The van der Waals surface area contributed by atoms with Gasteiger partial charge in [0.2, 0.25) is 0 Å². The number of phosphoric ester groups is 2. The number of esters is 4. The molecule has 100 heavy (non-hydrogen) atoms. The highest BCUT2D eigenvalue weighted by Gasteiger charge is 2.30. The Labute approximate surface area is 613 Å². The van der Waals surface area contributed by atoms with E-state index in [0.717, 1.165) is 102 Å². The summed E-state index contributed by atoms with van der Waals surface area (Å²) >= 11 is 0. The van der Waals surface area contributed by atoms with Crippen LogP contribution in [0.4, 0.5) is 0 Å². The van der Waals surface area contributed by atoms with E-state index in [9.17, 15) is 43.2 Å². The topological polar surface area (TPSA) is 237 Å². The second-order valence-corrected chi connectivity index (χ2v) is 33.0. The highest BCUT2D eigenvalue weighted by Crippen LogP contribution is 2.45. The SMILES string of the molecule is CCCCCCCCCCCCCCCCCCC(=O)O[C@H](COC(=O)CCCCCCCCCCCCC)COP(=O)(O)OC[C@H](O)COP(=O)(O)OC[C@@H](COC(=O)CCCCCCCCCCCCCCCC(C)C)OC(=O)CCCCCCCCCCCCCCCCC(C)C. The van der Waals surface area contributed by atoms with Gasteiger partial charge in [0.15, 0.2) is 12.2 Å². The minimum Gasteiger partial charge on any atom is -0.462 e. The van der Waals surface area contributed by atoms with Crippen LogP contribution in [-0.2, 0) is 65.4 Å². The van der Waals surface area contributed by atoms with Gasteiger partial charge in [-0.25, -0.2) is 9.13 Å². The molecule has 3 N–H and O–H groups in total. The molecule has 2 unspecified atom stereocenters. The van der Waals surface area contributed by atoms with E-state index in [-0.39, 0.29) is 25.7 Å². The van der Waals surface area contributed by atoms with Crippen molar-refractivity contribution >= 4 is 39.5 Å². The fraction of sp³-hybridized carbons (Fsp3) is 0.951. The van der Waals surface area contributed by atoms with E-state index < -0.39 is 97.5 Å². The minimum absolute atomic E-state index is 0.108. The average molecular weight is 1470 g/mol. The quantitative estimate of drug-likeness (QED) is 0.0222. The molecular formula is C81H158O17P2. The highest BCUT2D eigenvalue weighted by atomic mass is 31.2. The highest BCUT2D eigenvalue weighted by molar-refractivity contribution is 7.47. The van der Waals surface area contributed by atoms with Crippen LogP contribution in [0.15, 0.2) is 0 Å². The molecule has 0 aromatic rings. The lowest BCUT2D eigenvalue weighted by atomic mass is 10.0.